The number of nitrogens with one attached hydrogen (secondary N) is 1. The van der Waals surface area contributed by atoms with E-state index in [-0.39, 0.29) is 17.5 Å². The minimum Gasteiger partial charge on any atom is -0.350 e. The van der Waals surface area contributed by atoms with Crippen LogP contribution in [0, 0.1) is 0 Å². The first-order valence-corrected chi connectivity index (χ1v) is 7.63. The second-order valence-corrected chi connectivity index (χ2v) is 6.51. The quantitative estimate of drug-likeness (QED) is 0.809. The molecular weight excluding hydrogens is 262 g/mol. The summed E-state index contributed by atoms with van der Waals surface area (Å²) in [6.45, 7) is 10.2. The summed E-state index contributed by atoms with van der Waals surface area (Å²) >= 11 is 0. The highest BCUT2D eigenvalue weighted by molar-refractivity contribution is 5.81. The number of hydrogen-bond donors (Lipinski definition) is 2. The van der Waals surface area contributed by atoms with Crippen LogP contribution in [0.15, 0.2) is 30.3 Å². The average Bonchev–Trinajstić information content (AvgIpc) is 2.42. The summed E-state index contributed by atoms with van der Waals surface area (Å²) in [5, 5.41) is 3.05. The van der Waals surface area contributed by atoms with Crippen molar-refractivity contribution in [2.24, 2.45) is 5.73 Å². The van der Waals surface area contributed by atoms with E-state index in [0.29, 0.717) is 6.54 Å². The lowest BCUT2D eigenvalue weighted by molar-refractivity contribution is -0.127. The van der Waals surface area contributed by atoms with Crippen LogP contribution < -0.4 is 11.1 Å². The number of nitrogens with two attached hydrogens (primary N) is 1. The first-order valence-electron chi connectivity index (χ1n) is 7.63. The first-order chi connectivity index (χ1) is 9.83. The Kier molecular flexibility index (Phi) is 6.85. The molecular formula is C17H29N3O. The second kappa shape index (κ2) is 8.15. The van der Waals surface area contributed by atoms with Crippen LogP contribution in [-0.2, 0) is 11.3 Å². The highest BCUT2D eigenvalue weighted by Crippen LogP contribution is 2.10. The fourth-order valence-electron chi connectivity index (χ4n) is 2.16. The van der Waals surface area contributed by atoms with Gasteiger partial charge >= 0.3 is 0 Å². The van der Waals surface area contributed by atoms with Gasteiger partial charge in [-0.05, 0) is 46.2 Å². The summed E-state index contributed by atoms with van der Waals surface area (Å²) in [6, 6.07) is 10.1. The summed E-state index contributed by atoms with van der Waals surface area (Å²) in [5.74, 6) is 0.0652. The van der Waals surface area contributed by atoms with Gasteiger partial charge in [-0.3, -0.25) is 9.69 Å². The van der Waals surface area contributed by atoms with Gasteiger partial charge in [-0.1, -0.05) is 30.3 Å². The normalized spacial score (nSPS) is 13.2. The van der Waals surface area contributed by atoms with Gasteiger partial charge in [-0.25, -0.2) is 0 Å². The number of nitrogens with zero attached hydrogens (tertiary/aromatic N) is 1. The van der Waals surface area contributed by atoms with Crippen molar-refractivity contribution in [2.45, 2.75) is 52.2 Å². The second-order valence-electron chi connectivity index (χ2n) is 6.51. The van der Waals surface area contributed by atoms with Gasteiger partial charge < -0.3 is 11.1 Å². The van der Waals surface area contributed by atoms with Crippen molar-refractivity contribution in [2.75, 3.05) is 13.1 Å². The molecule has 0 saturated heterocycles. The van der Waals surface area contributed by atoms with Crippen molar-refractivity contribution in [1.82, 2.24) is 10.2 Å². The maximum Gasteiger partial charge on any atom is 0.237 e. The molecule has 3 N–H and O–H groups in total. The summed E-state index contributed by atoms with van der Waals surface area (Å²) in [6.07, 6.45) is 0.889. The summed E-state index contributed by atoms with van der Waals surface area (Å²) in [5.41, 5.74) is 6.62. The van der Waals surface area contributed by atoms with Gasteiger partial charge in [0.2, 0.25) is 5.91 Å². The Bertz CT molecular complexity index is 425. The maximum atomic E-state index is 12.4. The zero-order chi connectivity index (χ0) is 15.9. The predicted octanol–water partition coefficient (Wildman–Crippen LogP) is 2.14. The lowest BCUT2D eigenvalue weighted by Gasteiger charge is -2.31. The van der Waals surface area contributed by atoms with E-state index in [9.17, 15) is 4.79 Å². The molecule has 0 fully saturated rings. The van der Waals surface area contributed by atoms with Crippen LogP contribution in [0.5, 0.6) is 0 Å². The smallest absolute Gasteiger partial charge is 0.237 e. The molecule has 0 heterocycles. The van der Waals surface area contributed by atoms with E-state index in [2.05, 4.69) is 22.3 Å². The van der Waals surface area contributed by atoms with E-state index in [1.165, 1.54) is 5.56 Å². The van der Waals surface area contributed by atoms with Crippen LogP contribution in [0.3, 0.4) is 0 Å². The van der Waals surface area contributed by atoms with Gasteiger partial charge in [0.15, 0.2) is 0 Å². The Hall–Kier alpha value is -1.39. The third-order valence-electron chi connectivity index (χ3n) is 3.30. The molecule has 0 aliphatic rings. The molecule has 1 amide bonds. The predicted molar refractivity (Wildman–Crippen MR) is 87.9 cm³/mol. The van der Waals surface area contributed by atoms with Gasteiger partial charge in [0.25, 0.3) is 0 Å². The Morgan fingerprint density at radius 2 is 1.90 bits per heavy atom. The van der Waals surface area contributed by atoms with Gasteiger partial charge in [-0.2, -0.15) is 0 Å². The van der Waals surface area contributed by atoms with Crippen molar-refractivity contribution in [1.29, 1.82) is 0 Å². The summed E-state index contributed by atoms with van der Waals surface area (Å²) < 4.78 is 0. The standard InChI is InChI=1S/C17H29N3O/c1-14(16(21)19-17(2,3)4)20(12-8-11-18)13-15-9-6-5-7-10-15/h5-7,9-10,14H,8,11-13,18H2,1-4H3,(H,19,21). The average molecular weight is 291 g/mol. The van der Waals surface area contributed by atoms with E-state index in [4.69, 9.17) is 5.73 Å². The van der Waals surface area contributed by atoms with Crippen molar-refractivity contribution < 1.29 is 4.79 Å². The zero-order valence-corrected chi connectivity index (χ0v) is 13.7. The fraction of sp³-hybridized carbons (Fsp3) is 0.588. The van der Waals surface area contributed by atoms with Crippen LogP contribution in [0.2, 0.25) is 0 Å². The lowest BCUT2D eigenvalue weighted by Crippen LogP contribution is -2.51. The van der Waals surface area contributed by atoms with E-state index in [1.54, 1.807) is 0 Å². The highest BCUT2D eigenvalue weighted by Gasteiger charge is 2.24. The molecule has 1 rings (SSSR count). The molecule has 0 saturated carbocycles. The van der Waals surface area contributed by atoms with Crippen molar-refractivity contribution >= 4 is 5.91 Å². The Balaban J connectivity index is 2.74. The first kappa shape index (κ1) is 17.7. The molecule has 0 bridgehead atoms. The number of rotatable bonds is 7. The van der Waals surface area contributed by atoms with Crippen LogP contribution >= 0.6 is 0 Å². The number of amides is 1. The molecule has 1 atom stereocenters. The molecule has 118 valence electrons. The van der Waals surface area contributed by atoms with Crippen molar-refractivity contribution in [3.8, 4) is 0 Å². The number of benzene rings is 1. The molecule has 0 spiro atoms. The SMILES string of the molecule is CC(C(=O)NC(C)(C)C)N(CCCN)Cc1ccccc1. The molecule has 4 nitrogen and oxygen atoms in total. The molecule has 1 unspecified atom stereocenters. The number of carbonyl (C=O) groups excluding carboxylic acids is 1. The van der Waals surface area contributed by atoms with Gasteiger partial charge in [0.05, 0.1) is 6.04 Å². The van der Waals surface area contributed by atoms with E-state index in [0.717, 1.165) is 19.5 Å². The molecule has 0 aliphatic carbocycles. The van der Waals surface area contributed by atoms with E-state index < -0.39 is 0 Å². The Labute approximate surface area is 128 Å². The molecule has 0 aliphatic heterocycles. The minimum absolute atomic E-state index is 0.0652. The number of hydrogen-bond acceptors (Lipinski definition) is 3. The van der Waals surface area contributed by atoms with Gasteiger partial charge in [0, 0.05) is 18.6 Å². The molecule has 0 aromatic heterocycles. The summed E-state index contributed by atoms with van der Waals surface area (Å²) in [7, 11) is 0. The van der Waals surface area contributed by atoms with Gasteiger partial charge in [-0.15, -0.1) is 0 Å². The maximum absolute atomic E-state index is 12.4. The zero-order valence-electron chi connectivity index (χ0n) is 13.7. The van der Waals surface area contributed by atoms with Crippen LogP contribution in [0.25, 0.3) is 0 Å². The van der Waals surface area contributed by atoms with Crippen molar-refractivity contribution in [3.05, 3.63) is 35.9 Å². The van der Waals surface area contributed by atoms with E-state index in [1.807, 2.05) is 45.9 Å². The fourth-order valence-corrected chi connectivity index (χ4v) is 2.16. The Morgan fingerprint density at radius 3 is 2.43 bits per heavy atom. The van der Waals surface area contributed by atoms with Crippen LogP contribution in [0.1, 0.15) is 39.7 Å². The monoisotopic (exact) mass is 291 g/mol. The summed E-state index contributed by atoms with van der Waals surface area (Å²) in [4.78, 5) is 14.6. The molecule has 4 heteroatoms. The third kappa shape index (κ3) is 6.74. The third-order valence-corrected chi connectivity index (χ3v) is 3.30. The highest BCUT2D eigenvalue weighted by atomic mass is 16.2. The largest absolute Gasteiger partial charge is 0.350 e. The van der Waals surface area contributed by atoms with Crippen LogP contribution in [0.4, 0.5) is 0 Å². The van der Waals surface area contributed by atoms with E-state index >= 15 is 0 Å². The molecule has 21 heavy (non-hydrogen) atoms. The Morgan fingerprint density at radius 1 is 1.29 bits per heavy atom. The van der Waals surface area contributed by atoms with Crippen molar-refractivity contribution in [3.63, 3.8) is 0 Å². The van der Waals surface area contributed by atoms with Gasteiger partial charge in [0.1, 0.15) is 0 Å². The number of carbonyl (C=O) groups is 1. The molecule has 0 radical (unpaired) electrons. The molecule has 1 aromatic carbocycles. The minimum atomic E-state index is -0.211. The lowest BCUT2D eigenvalue weighted by atomic mass is 10.1. The molecule has 1 aromatic rings. The van der Waals surface area contributed by atoms with Crippen LogP contribution in [-0.4, -0.2) is 35.5 Å². The topological polar surface area (TPSA) is 58.4 Å².